The Morgan fingerprint density at radius 3 is 2.21 bits per heavy atom. The first-order valence-corrected chi connectivity index (χ1v) is 13.5. The Labute approximate surface area is 200 Å². The molecule has 2 aromatic carbocycles. The van der Waals surface area contributed by atoms with Crippen LogP contribution in [-0.2, 0) is 9.16 Å². The van der Waals surface area contributed by atoms with Gasteiger partial charge in [-0.1, -0.05) is 81.4 Å². The number of fused-ring (bicyclic) bond motifs is 3. The van der Waals surface area contributed by atoms with E-state index in [4.69, 9.17) is 13.9 Å². The lowest BCUT2D eigenvalue weighted by atomic mass is 10.1. The minimum atomic E-state index is -2.76. The maximum absolute atomic E-state index is 11.9. The van der Waals surface area contributed by atoms with Crippen LogP contribution in [0.3, 0.4) is 0 Å². The predicted molar refractivity (Wildman–Crippen MR) is 131 cm³/mol. The van der Waals surface area contributed by atoms with Crippen molar-refractivity contribution in [3.63, 3.8) is 0 Å². The highest BCUT2D eigenvalue weighted by Gasteiger charge is 2.54. The molecule has 4 atom stereocenters. The topological polar surface area (TPSA) is 82.8 Å². The van der Waals surface area contributed by atoms with Crippen molar-refractivity contribution < 1.29 is 19.0 Å². The molecule has 8 heteroatoms. The molecule has 0 radical (unpaired) electrons. The van der Waals surface area contributed by atoms with E-state index >= 15 is 0 Å². The second-order valence-electron chi connectivity index (χ2n) is 10.0. The molecule has 1 N–H and O–H groups in total. The summed E-state index contributed by atoms with van der Waals surface area (Å²) in [5, 5.41) is 13.2. The second kappa shape index (κ2) is 8.46. The average molecular weight is 479 g/mol. The molecule has 1 aromatic heterocycles. The zero-order valence-corrected chi connectivity index (χ0v) is 20.8. The molecule has 0 aliphatic carbocycles. The molecular weight excluding hydrogens is 448 g/mol. The average Bonchev–Trinajstić information content (AvgIpc) is 3.31. The SMILES string of the molecule is Cc1cn2c(nc1=O)OC1C(O)[C@@H](CO[Si](c3ccccc3)(c3ccccc3)C(C)(C)C)O[C@H]12. The first-order valence-electron chi connectivity index (χ1n) is 11.6. The summed E-state index contributed by atoms with van der Waals surface area (Å²) in [5.41, 5.74) is 0.158. The predicted octanol–water partition coefficient (Wildman–Crippen LogP) is 2.15. The van der Waals surface area contributed by atoms with Crippen molar-refractivity contribution in [2.45, 2.75) is 57.3 Å². The van der Waals surface area contributed by atoms with Gasteiger partial charge in [-0.2, -0.15) is 4.98 Å². The zero-order valence-electron chi connectivity index (χ0n) is 19.8. The summed E-state index contributed by atoms with van der Waals surface area (Å²) in [7, 11) is -2.76. The van der Waals surface area contributed by atoms with Crippen molar-refractivity contribution in [1.29, 1.82) is 0 Å². The number of aryl methyl sites for hydroxylation is 1. The van der Waals surface area contributed by atoms with Crippen molar-refractivity contribution in [2.75, 3.05) is 6.61 Å². The Kier molecular flexibility index (Phi) is 5.72. The maximum Gasteiger partial charge on any atom is 0.302 e. The molecule has 2 aliphatic rings. The molecule has 0 amide bonds. The van der Waals surface area contributed by atoms with Crippen LogP contribution in [-0.4, -0.2) is 47.9 Å². The van der Waals surface area contributed by atoms with Crippen molar-refractivity contribution in [3.05, 3.63) is 82.8 Å². The minimum absolute atomic E-state index is 0.177. The third-order valence-electron chi connectivity index (χ3n) is 6.80. The van der Waals surface area contributed by atoms with E-state index in [-0.39, 0.29) is 23.2 Å². The molecule has 178 valence electrons. The number of aliphatic hydroxyl groups is 1. The summed E-state index contributed by atoms with van der Waals surface area (Å²) in [4.78, 5) is 15.9. The first kappa shape index (κ1) is 23.0. The van der Waals surface area contributed by atoms with E-state index in [9.17, 15) is 9.90 Å². The summed E-state index contributed by atoms with van der Waals surface area (Å²) in [6.07, 6.45) is -1.01. The van der Waals surface area contributed by atoms with Gasteiger partial charge in [0.25, 0.3) is 13.9 Å². The number of ether oxygens (including phenoxy) is 2. The van der Waals surface area contributed by atoms with Gasteiger partial charge in [-0.05, 0) is 22.3 Å². The second-order valence-corrected chi connectivity index (χ2v) is 14.3. The third-order valence-corrected chi connectivity index (χ3v) is 11.8. The monoisotopic (exact) mass is 478 g/mol. The van der Waals surface area contributed by atoms with Gasteiger partial charge in [0.1, 0.15) is 12.2 Å². The molecule has 3 aromatic rings. The van der Waals surface area contributed by atoms with Gasteiger partial charge in [0.2, 0.25) is 0 Å². The van der Waals surface area contributed by atoms with E-state index in [0.717, 1.165) is 0 Å². The molecule has 2 unspecified atom stereocenters. The van der Waals surface area contributed by atoms with Gasteiger partial charge < -0.3 is 19.0 Å². The van der Waals surface area contributed by atoms with Gasteiger partial charge in [0.05, 0.1) is 6.61 Å². The van der Waals surface area contributed by atoms with Crippen LogP contribution in [0.15, 0.2) is 71.7 Å². The van der Waals surface area contributed by atoms with Crippen LogP contribution in [0, 0.1) is 6.92 Å². The van der Waals surface area contributed by atoms with Gasteiger partial charge >= 0.3 is 6.01 Å². The molecule has 5 rings (SSSR count). The maximum atomic E-state index is 11.9. The van der Waals surface area contributed by atoms with E-state index in [2.05, 4.69) is 50.0 Å². The van der Waals surface area contributed by atoms with Gasteiger partial charge in [-0.25, -0.2) is 0 Å². The fourth-order valence-electron chi connectivity index (χ4n) is 5.12. The highest BCUT2D eigenvalue weighted by molar-refractivity contribution is 6.99. The van der Waals surface area contributed by atoms with Crippen LogP contribution < -0.4 is 20.7 Å². The van der Waals surface area contributed by atoms with E-state index in [0.29, 0.717) is 5.56 Å². The Bertz CT molecular complexity index is 1190. The van der Waals surface area contributed by atoms with E-state index in [1.807, 2.05) is 36.4 Å². The van der Waals surface area contributed by atoms with Crippen LogP contribution in [0.1, 0.15) is 32.6 Å². The lowest BCUT2D eigenvalue weighted by molar-refractivity contribution is -0.0401. The Hall–Kier alpha value is -2.78. The molecule has 0 bridgehead atoms. The molecule has 0 spiro atoms. The number of aliphatic hydroxyl groups excluding tert-OH is 1. The summed E-state index contributed by atoms with van der Waals surface area (Å²) in [6.45, 7) is 8.55. The van der Waals surface area contributed by atoms with E-state index in [1.165, 1.54) is 10.4 Å². The normalized spacial score (nSPS) is 23.9. The number of benzene rings is 2. The summed E-state index contributed by atoms with van der Waals surface area (Å²) < 4.78 is 20.7. The van der Waals surface area contributed by atoms with E-state index < -0.39 is 32.9 Å². The van der Waals surface area contributed by atoms with Crippen molar-refractivity contribution in [1.82, 2.24) is 9.55 Å². The minimum Gasteiger partial charge on any atom is -0.453 e. The molecular formula is C26H30N2O5Si. The lowest BCUT2D eigenvalue weighted by Crippen LogP contribution is -2.67. The quantitative estimate of drug-likeness (QED) is 0.566. The van der Waals surface area contributed by atoms with Crippen LogP contribution in [0.5, 0.6) is 6.01 Å². The van der Waals surface area contributed by atoms with Crippen LogP contribution in [0.25, 0.3) is 0 Å². The van der Waals surface area contributed by atoms with Crippen molar-refractivity contribution in [3.8, 4) is 6.01 Å². The summed E-state index contributed by atoms with van der Waals surface area (Å²) in [5.74, 6) is 0. The highest BCUT2D eigenvalue weighted by Crippen LogP contribution is 2.41. The van der Waals surface area contributed by atoms with Crippen molar-refractivity contribution in [2.24, 2.45) is 0 Å². The van der Waals surface area contributed by atoms with Gasteiger partial charge in [0.15, 0.2) is 12.3 Å². The largest absolute Gasteiger partial charge is 0.453 e. The summed E-state index contributed by atoms with van der Waals surface area (Å²) in [6, 6.07) is 20.9. The number of hydrogen-bond donors (Lipinski definition) is 1. The number of aromatic nitrogens is 2. The zero-order chi connectivity index (χ0) is 24.1. The highest BCUT2D eigenvalue weighted by atomic mass is 28.4. The van der Waals surface area contributed by atoms with E-state index in [1.54, 1.807) is 17.7 Å². The number of rotatable bonds is 5. The Balaban J connectivity index is 1.47. The number of nitrogens with zero attached hydrogens (tertiary/aromatic N) is 2. The number of hydrogen-bond acceptors (Lipinski definition) is 6. The Morgan fingerprint density at radius 1 is 1.06 bits per heavy atom. The molecule has 1 fully saturated rings. The molecule has 34 heavy (non-hydrogen) atoms. The molecule has 1 saturated heterocycles. The summed E-state index contributed by atoms with van der Waals surface area (Å²) >= 11 is 0. The lowest BCUT2D eigenvalue weighted by Gasteiger charge is -2.43. The third kappa shape index (κ3) is 3.62. The molecule has 3 heterocycles. The van der Waals surface area contributed by atoms with Crippen molar-refractivity contribution >= 4 is 18.7 Å². The molecule has 7 nitrogen and oxygen atoms in total. The van der Waals surface area contributed by atoms with Crippen LogP contribution in [0.2, 0.25) is 5.04 Å². The van der Waals surface area contributed by atoms with Gasteiger partial charge in [-0.3, -0.25) is 9.36 Å². The fraction of sp³-hybridized carbons (Fsp3) is 0.385. The standard InChI is InChI=1S/C26H30N2O5Si/c1-17-15-28-24-22(33-25(28)27-23(17)30)21(29)20(32-24)16-31-34(26(2,3)4,18-11-7-5-8-12-18)19-13-9-6-10-14-19/h5-15,20-22,24,29H,16H2,1-4H3/t20-,21?,22?,24-/m1/s1. The Morgan fingerprint density at radius 2 is 1.65 bits per heavy atom. The molecule has 2 aliphatic heterocycles. The van der Waals surface area contributed by atoms with Crippen LogP contribution in [0.4, 0.5) is 0 Å². The van der Waals surface area contributed by atoms with Crippen LogP contribution >= 0.6 is 0 Å². The smallest absolute Gasteiger partial charge is 0.302 e. The fourth-order valence-corrected chi connectivity index (χ4v) is 9.69. The van der Waals surface area contributed by atoms with Gasteiger partial charge in [0, 0.05) is 11.8 Å². The van der Waals surface area contributed by atoms with Gasteiger partial charge in [-0.15, -0.1) is 0 Å². The molecule has 0 saturated carbocycles. The first-order chi connectivity index (χ1) is 16.2.